The second-order valence-electron chi connectivity index (χ2n) is 8.53. The molecule has 0 unspecified atom stereocenters. The summed E-state index contributed by atoms with van der Waals surface area (Å²) in [7, 11) is 0. The highest BCUT2D eigenvalue weighted by molar-refractivity contribution is 6.14. The van der Waals surface area contributed by atoms with Crippen molar-refractivity contribution in [3.63, 3.8) is 0 Å². The van der Waals surface area contributed by atoms with Gasteiger partial charge in [0.15, 0.2) is 0 Å². The van der Waals surface area contributed by atoms with E-state index < -0.39 is 0 Å². The van der Waals surface area contributed by atoms with Gasteiger partial charge in [0.1, 0.15) is 5.58 Å². The first-order valence-electron chi connectivity index (χ1n) is 11.3. The van der Waals surface area contributed by atoms with E-state index in [1.54, 1.807) is 0 Å². The summed E-state index contributed by atoms with van der Waals surface area (Å²) >= 11 is 0. The Labute approximate surface area is 195 Å². The maximum atomic E-state index is 12.8. The molecule has 0 spiro atoms. The zero-order valence-corrected chi connectivity index (χ0v) is 18.2. The van der Waals surface area contributed by atoms with Crippen LogP contribution >= 0.6 is 0 Å². The lowest BCUT2D eigenvalue weighted by molar-refractivity contribution is 0.569. The van der Waals surface area contributed by atoms with Crippen LogP contribution in [0, 0.1) is 0 Å². The molecule has 160 valence electrons. The van der Waals surface area contributed by atoms with E-state index in [1.165, 1.54) is 16.3 Å². The first-order chi connectivity index (χ1) is 16.8. The number of fused-ring (bicyclic) bond motifs is 6. The average molecular weight is 437 g/mol. The van der Waals surface area contributed by atoms with Crippen LogP contribution in [-0.4, -0.2) is 4.57 Å². The molecule has 0 radical (unpaired) electrons. The SMILES string of the molecule is O=c1oc2ccccc2c2c(-c3ccc4c(c3)c3ccccc3n4-c3ccccc3)cccc12. The van der Waals surface area contributed by atoms with Gasteiger partial charge in [0.25, 0.3) is 0 Å². The minimum Gasteiger partial charge on any atom is -0.422 e. The Hall–Kier alpha value is -4.63. The van der Waals surface area contributed by atoms with Crippen LogP contribution < -0.4 is 5.63 Å². The van der Waals surface area contributed by atoms with Gasteiger partial charge in [-0.3, -0.25) is 0 Å². The standard InChI is InChI=1S/C31H19NO2/c33-31-25-14-8-13-22(30(25)24-12-5-7-16-29(24)34-31)20-17-18-28-26(19-20)23-11-4-6-15-27(23)32(28)21-9-2-1-3-10-21/h1-19H. The van der Waals surface area contributed by atoms with Crippen molar-refractivity contribution >= 4 is 43.5 Å². The van der Waals surface area contributed by atoms with Crippen LogP contribution in [0.5, 0.6) is 0 Å². The Bertz CT molecular complexity index is 1930. The first kappa shape index (κ1) is 18.9. The third kappa shape index (κ3) is 2.67. The van der Waals surface area contributed by atoms with E-state index >= 15 is 0 Å². The lowest BCUT2D eigenvalue weighted by atomic mass is 9.95. The van der Waals surface area contributed by atoms with Crippen molar-refractivity contribution in [2.75, 3.05) is 0 Å². The molecule has 2 aromatic heterocycles. The fraction of sp³-hybridized carbons (Fsp3) is 0. The number of hydrogen-bond donors (Lipinski definition) is 0. The van der Waals surface area contributed by atoms with Gasteiger partial charge < -0.3 is 8.98 Å². The lowest BCUT2D eigenvalue weighted by Crippen LogP contribution is -2.00. The summed E-state index contributed by atoms with van der Waals surface area (Å²) in [5.74, 6) is 0. The number of rotatable bonds is 2. The number of hydrogen-bond acceptors (Lipinski definition) is 2. The Balaban J connectivity index is 1.58. The van der Waals surface area contributed by atoms with Crippen molar-refractivity contribution in [3.05, 3.63) is 126 Å². The summed E-state index contributed by atoms with van der Waals surface area (Å²) < 4.78 is 7.89. The van der Waals surface area contributed by atoms with Crippen molar-refractivity contribution in [3.8, 4) is 16.8 Å². The van der Waals surface area contributed by atoms with Gasteiger partial charge in [0.2, 0.25) is 0 Å². The van der Waals surface area contributed by atoms with Gasteiger partial charge in [0, 0.05) is 27.2 Å². The largest absolute Gasteiger partial charge is 0.422 e. The molecule has 5 aromatic carbocycles. The zero-order valence-electron chi connectivity index (χ0n) is 18.2. The molecule has 0 fully saturated rings. The lowest BCUT2D eigenvalue weighted by Gasteiger charge is -2.10. The van der Waals surface area contributed by atoms with Crippen molar-refractivity contribution in [2.45, 2.75) is 0 Å². The van der Waals surface area contributed by atoms with Crippen LogP contribution in [0.4, 0.5) is 0 Å². The van der Waals surface area contributed by atoms with E-state index in [9.17, 15) is 4.79 Å². The highest BCUT2D eigenvalue weighted by Crippen LogP contribution is 2.38. The quantitative estimate of drug-likeness (QED) is 0.205. The zero-order chi connectivity index (χ0) is 22.6. The van der Waals surface area contributed by atoms with Gasteiger partial charge in [-0.05, 0) is 53.6 Å². The van der Waals surface area contributed by atoms with Crippen LogP contribution in [0.3, 0.4) is 0 Å². The van der Waals surface area contributed by atoms with Gasteiger partial charge in [0.05, 0.1) is 16.4 Å². The maximum Gasteiger partial charge on any atom is 0.344 e. The fourth-order valence-electron chi connectivity index (χ4n) is 5.17. The molecule has 0 bridgehead atoms. The van der Waals surface area contributed by atoms with E-state index in [-0.39, 0.29) is 5.63 Å². The summed E-state index contributed by atoms with van der Waals surface area (Å²) in [5.41, 5.74) is 5.86. The van der Waals surface area contributed by atoms with Gasteiger partial charge >= 0.3 is 5.63 Å². The highest BCUT2D eigenvalue weighted by Gasteiger charge is 2.16. The smallest absolute Gasteiger partial charge is 0.344 e. The Kier molecular flexibility index (Phi) is 4.00. The van der Waals surface area contributed by atoms with Crippen LogP contribution in [0.2, 0.25) is 0 Å². The number of aromatic nitrogens is 1. The molecular formula is C31H19NO2. The molecule has 0 amide bonds. The van der Waals surface area contributed by atoms with Gasteiger partial charge in [-0.1, -0.05) is 72.8 Å². The fourth-order valence-corrected chi connectivity index (χ4v) is 5.17. The minimum atomic E-state index is -0.308. The molecule has 0 saturated heterocycles. The molecule has 0 N–H and O–H groups in total. The van der Waals surface area contributed by atoms with Gasteiger partial charge in [-0.25, -0.2) is 4.79 Å². The summed E-state index contributed by atoms with van der Waals surface area (Å²) in [6, 6.07) is 39.1. The van der Waals surface area contributed by atoms with Gasteiger partial charge in [-0.15, -0.1) is 0 Å². The first-order valence-corrected chi connectivity index (χ1v) is 11.3. The average Bonchev–Trinajstić information content (AvgIpc) is 3.23. The Morgan fingerprint density at radius 2 is 1.26 bits per heavy atom. The summed E-state index contributed by atoms with van der Waals surface area (Å²) in [6.45, 7) is 0. The molecule has 0 aliphatic rings. The van der Waals surface area contributed by atoms with E-state index in [2.05, 4.69) is 77.4 Å². The molecule has 7 aromatic rings. The second kappa shape index (κ2) is 7.19. The highest BCUT2D eigenvalue weighted by atomic mass is 16.4. The molecule has 0 aliphatic heterocycles. The van der Waals surface area contributed by atoms with Gasteiger partial charge in [-0.2, -0.15) is 0 Å². The molecule has 0 aliphatic carbocycles. The number of nitrogens with zero attached hydrogens (tertiary/aromatic N) is 1. The van der Waals surface area contributed by atoms with Crippen LogP contribution in [-0.2, 0) is 0 Å². The molecule has 7 rings (SSSR count). The van der Waals surface area contributed by atoms with Crippen molar-refractivity contribution in [1.29, 1.82) is 0 Å². The minimum absolute atomic E-state index is 0.308. The monoisotopic (exact) mass is 437 g/mol. The van der Waals surface area contributed by atoms with Crippen LogP contribution in [0.1, 0.15) is 0 Å². The molecule has 0 saturated carbocycles. The van der Waals surface area contributed by atoms with E-state index in [0.717, 1.165) is 33.1 Å². The normalized spacial score (nSPS) is 11.6. The Morgan fingerprint density at radius 1 is 0.559 bits per heavy atom. The molecule has 2 heterocycles. The van der Waals surface area contributed by atoms with Crippen LogP contribution in [0.15, 0.2) is 124 Å². The van der Waals surface area contributed by atoms with E-state index in [0.29, 0.717) is 11.0 Å². The molecule has 3 heteroatoms. The summed E-state index contributed by atoms with van der Waals surface area (Å²) in [6.07, 6.45) is 0. The van der Waals surface area contributed by atoms with Crippen molar-refractivity contribution in [2.24, 2.45) is 0 Å². The molecular weight excluding hydrogens is 418 g/mol. The number of para-hydroxylation sites is 3. The second-order valence-corrected chi connectivity index (χ2v) is 8.53. The van der Waals surface area contributed by atoms with Crippen molar-refractivity contribution in [1.82, 2.24) is 4.57 Å². The van der Waals surface area contributed by atoms with Crippen molar-refractivity contribution < 1.29 is 4.42 Å². The third-order valence-electron chi connectivity index (χ3n) is 6.64. The molecule has 34 heavy (non-hydrogen) atoms. The predicted molar refractivity (Wildman–Crippen MR) is 140 cm³/mol. The topological polar surface area (TPSA) is 35.1 Å². The molecule has 0 atom stereocenters. The third-order valence-corrected chi connectivity index (χ3v) is 6.64. The van der Waals surface area contributed by atoms with Crippen LogP contribution in [0.25, 0.3) is 60.4 Å². The van der Waals surface area contributed by atoms with E-state index in [4.69, 9.17) is 4.42 Å². The summed E-state index contributed by atoms with van der Waals surface area (Å²) in [5, 5.41) is 4.86. The summed E-state index contributed by atoms with van der Waals surface area (Å²) in [4.78, 5) is 12.8. The Morgan fingerprint density at radius 3 is 2.15 bits per heavy atom. The van der Waals surface area contributed by atoms with E-state index in [1.807, 2.05) is 42.5 Å². The number of benzene rings is 5. The predicted octanol–water partition coefficient (Wildman–Crippen LogP) is 7.71. The molecule has 3 nitrogen and oxygen atoms in total. The maximum absolute atomic E-state index is 12.8.